The smallest absolute Gasteiger partial charge is 0.0366 e. The summed E-state index contributed by atoms with van der Waals surface area (Å²) in [5.41, 5.74) is 4.13. The normalized spacial score (nSPS) is 25.7. The topological polar surface area (TPSA) is 12.0 Å². The van der Waals surface area contributed by atoms with Crippen molar-refractivity contribution in [2.45, 2.75) is 26.2 Å². The Balaban J connectivity index is 1.64. The van der Waals surface area contributed by atoms with E-state index < -0.39 is 0 Å². The largest absolute Gasteiger partial charge is 0.381 e. The minimum atomic E-state index is 0.799. The molecule has 0 radical (unpaired) electrons. The quantitative estimate of drug-likeness (QED) is 0.828. The van der Waals surface area contributed by atoms with Crippen molar-refractivity contribution in [1.29, 1.82) is 0 Å². The molecule has 0 saturated heterocycles. The monoisotopic (exact) mass is 239 g/mol. The Kier molecular flexibility index (Phi) is 3.22. The van der Waals surface area contributed by atoms with Crippen molar-refractivity contribution >= 4 is 5.69 Å². The highest BCUT2D eigenvalue weighted by Gasteiger charge is 2.29. The Bertz CT molecular complexity index is 467. The van der Waals surface area contributed by atoms with Crippen LogP contribution in [0.1, 0.15) is 24.8 Å². The highest BCUT2D eigenvalue weighted by Crippen LogP contribution is 2.39. The van der Waals surface area contributed by atoms with E-state index in [0.717, 1.165) is 18.4 Å². The van der Waals surface area contributed by atoms with Crippen molar-refractivity contribution < 1.29 is 0 Å². The zero-order chi connectivity index (χ0) is 12.4. The number of nitrogens with one attached hydrogen (secondary N) is 1. The summed E-state index contributed by atoms with van der Waals surface area (Å²) in [6.45, 7) is 3.12. The minimum Gasteiger partial charge on any atom is -0.381 e. The Morgan fingerprint density at radius 3 is 2.83 bits per heavy atom. The molecule has 2 aliphatic carbocycles. The first-order valence-electron chi connectivity index (χ1n) is 7.01. The summed E-state index contributed by atoms with van der Waals surface area (Å²) < 4.78 is 0. The molecule has 1 fully saturated rings. The summed E-state index contributed by atoms with van der Waals surface area (Å²) in [6, 6.07) is 8.66. The van der Waals surface area contributed by atoms with Crippen LogP contribution in [-0.2, 0) is 0 Å². The second-order valence-corrected chi connectivity index (χ2v) is 5.55. The molecule has 1 heteroatoms. The third kappa shape index (κ3) is 2.35. The Morgan fingerprint density at radius 2 is 2.00 bits per heavy atom. The van der Waals surface area contributed by atoms with E-state index in [-0.39, 0.29) is 0 Å². The molecule has 3 rings (SSSR count). The Hall–Kier alpha value is -1.50. The van der Waals surface area contributed by atoms with Crippen LogP contribution in [0.2, 0.25) is 0 Å². The molecule has 18 heavy (non-hydrogen) atoms. The fourth-order valence-electron chi connectivity index (χ4n) is 3.19. The van der Waals surface area contributed by atoms with E-state index in [1.54, 1.807) is 5.57 Å². The van der Waals surface area contributed by atoms with Gasteiger partial charge < -0.3 is 5.32 Å². The van der Waals surface area contributed by atoms with Gasteiger partial charge in [-0.25, -0.2) is 0 Å². The van der Waals surface area contributed by atoms with Crippen molar-refractivity contribution in [3.05, 3.63) is 53.6 Å². The molecule has 0 aromatic heterocycles. The minimum absolute atomic E-state index is 0.799. The van der Waals surface area contributed by atoms with Crippen molar-refractivity contribution in [3.8, 4) is 0 Å². The maximum absolute atomic E-state index is 3.55. The van der Waals surface area contributed by atoms with E-state index in [1.807, 2.05) is 0 Å². The first-order chi connectivity index (χ1) is 8.83. The molecule has 94 valence electrons. The molecular formula is C17H21N. The standard InChI is InChI=1S/C17H21N/c1-13-8-10-16(11-9-13)18-12-15-6-2-4-14-5-3-7-17(14)15/h2,4,6,8-11,14,17-18H,3,5,7,12H2,1H3. The predicted molar refractivity (Wildman–Crippen MR) is 77.7 cm³/mol. The molecule has 1 aromatic rings. The molecule has 0 aliphatic heterocycles. The average molecular weight is 239 g/mol. The molecule has 0 heterocycles. The van der Waals surface area contributed by atoms with Gasteiger partial charge in [-0.2, -0.15) is 0 Å². The maximum Gasteiger partial charge on any atom is 0.0366 e. The number of rotatable bonds is 3. The summed E-state index contributed by atoms with van der Waals surface area (Å²) in [7, 11) is 0. The van der Waals surface area contributed by atoms with E-state index in [2.05, 4.69) is 54.7 Å². The molecule has 1 saturated carbocycles. The van der Waals surface area contributed by atoms with Crippen LogP contribution in [0, 0.1) is 18.8 Å². The summed E-state index contributed by atoms with van der Waals surface area (Å²) >= 11 is 0. The van der Waals surface area contributed by atoms with Gasteiger partial charge in [-0.15, -0.1) is 0 Å². The molecule has 1 N–H and O–H groups in total. The van der Waals surface area contributed by atoms with Gasteiger partial charge in [-0.1, -0.05) is 42.3 Å². The molecule has 2 aliphatic rings. The van der Waals surface area contributed by atoms with Crippen LogP contribution >= 0.6 is 0 Å². The predicted octanol–water partition coefficient (Wildman–Crippen LogP) is 4.32. The Morgan fingerprint density at radius 1 is 1.17 bits per heavy atom. The number of anilines is 1. The fourth-order valence-corrected chi connectivity index (χ4v) is 3.19. The van der Waals surface area contributed by atoms with E-state index >= 15 is 0 Å². The second kappa shape index (κ2) is 5.01. The van der Waals surface area contributed by atoms with Crippen molar-refractivity contribution in [2.75, 3.05) is 11.9 Å². The van der Waals surface area contributed by atoms with Gasteiger partial charge in [0, 0.05) is 12.2 Å². The summed E-state index contributed by atoms with van der Waals surface area (Å²) in [6.07, 6.45) is 11.1. The van der Waals surface area contributed by atoms with Crippen LogP contribution in [0.15, 0.2) is 48.1 Å². The van der Waals surface area contributed by atoms with Gasteiger partial charge >= 0.3 is 0 Å². The third-order valence-corrected chi connectivity index (χ3v) is 4.26. The lowest BCUT2D eigenvalue weighted by Gasteiger charge is -2.23. The molecular weight excluding hydrogens is 218 g/mol. The van der Waals surface area contributed by atoms with Crippen LogP contribution < -0.4 is 5.32 Å². The molecule has 2 unspecified atom stereocenters. The average Bonchev–Trinajstić information content (AvgIpc) is 2.87. The zero-order valence-corrected chi connectivity index (χ0v) is 11.0. The summed E-state index contributed by atoms with van der Waals surface area (Å²) in [5.74, 6) is 1.61. The van der Waals surface area contributed by atoms with E-state index in [1.165, 1.54) is 30.5 Å². The first kappa shape index (κ1) is 11.6. The Labute approximate surface area is 110 Å². The van der Waals surface area contributed by atoms with Crippen molar-refractivity contribution in [2.24, 2.45) is 11.8 Å². The van der Waals surface area contributed by atoms with E-state index in [9.17, 15) is 0 Å². The fraction of sp³-hybridized carbons (Fsp3) is 0.412. The van der Waals surface area contributed by atoms with E-state index in [4.69, 9.17) is 0 Å². The number of fused-ring (bicyclic) bond motifs is 1. The second-order valence-electron chi connectivity index (χ2n) is 5.55. The summed E-state index contributed by atoms with van der Waals surface area (Å²) in [5, 5.41) is 3.55. The zero-order valence-electron chi connectivity index (χ0n) is 11.0. The first-order valence-corrected chi connectivity index (χ1v) is 7.01. The highest BCUT2D eigenvalue weighted by atomic mass is 14.9. The van der Waals surface area contributed by atoms with Crippen LogP contribution in [0.3, 0.4) is 0 Å². The summed E-state index contributed by atoms with van der Waals surface area (Å²) in [4.78, 5) is 0. The SMILES string of the molecule is Cc1ccc(NCC2=CC=CC3CCCC23)cc1. The van der Waals surface area contributed by atoms with E-state index in [0.29, 0.717) is 0 Å². The lowest BCUT2D eigenvalue weighted by atomic mass is 9.85. The van der Waals surface area contributed by atoms with Crippen LogP contribution in [0.4, 0.5) is 5.69 Å². The van der Waals surface area contributed by atoms with Gasteiger partial charge in [-0.05, 0) is 49.3 Å². The van der Waals surface area contributed by atoms with Crippen LogP contribution in [-0.4, -0.2) is 6.54 Å². The number of hydrogen-bond donors (Lipinski definition) is 1. The molecule has 0 spiro atoms. The van der Waals surface area contributed by atoms with Gasteiger partial charge in [0.05, 0.1) is 0 Å². The maximum atomic E-state index is 3.55. The number of hydrogen-bond acceptors (Lipinski definition) is 1. The van der Waals surface area contributed by atoms with Gasteiger partial charge in [-0.3, -0.25) is 0 Å². The van der Waals surface area contributed by atoms with Gasteiger partial charge in [0.15, 0.2) is 0 Å². The molecule has 0 bridgehead atoms. The lowest BCUT2D eigenvalue weighted by molar-refractivity contribution is 0.518. The third-order valence-electron chi connectivity index (χ3n) is 4.26. The van der Waals surface area contributed by atoms with Gasteiger partial charge in [0.1, 0.15) is 0 Å². The molecule has 0 amide bonds. The molecule has 2 atom stereocenters. The highest BCUT2D eigenvalue weighted by molar-refractivity contribution is 5.46. The lowest BCUT2D eigenvalue weighted by Crippen LogP contribution is -2.17. The van der Waals surface area contributed by atoms with Crippen molar-refractivity contribution in [3.63, 3.8) is 0 Å². The number of allylic oxidation sites excluding steroid dienone is 3. The number of benzene rings is 1. The molecule has 1 aromatic carbocycles. The number of aryl methyl sites for hydroxylation is 1. The van der Waals surface area contributed by atoms with Crippen molar-refractivity contribution in [1.82, 2.24) is 0 Å². The van der Waals surface area contributed by atoms with Crippen LogP contribution in [0.5, 0.6) is 0 Å². The van der Waals surface area contributed by atoms with Gasteiger partial charge in [0.2, 0.25) is 0 Å². The van der Waals surface area contributed by atoms with Gasteiger partial charge in [0.25, 0.3) is 0 Å². The molecule has 1 nitrogen and oxygen atoms in total. The van der Waals surface area contributed by atoms with Crippen LogP contribution in [0.25, 0.3) is 0 Å².